The Kier molecular flexibility index (Phi) is 2.95. The van der Waals surface area contributed by atoms with E-state index in [1.807, 2.05) is 6.92 Å². The molecule has 0 radical (unpaired) electrons. The van der Waals surface area contributed by atoms with Gasteiger partial charge in [-0.3, -0.25) is 0 Å². The van der Waals surface area contributed by atoms with E-state index in [9.17, 15) is 8.42 Å². The van der Waals surface area contributed by atoms with Gasteiger partial charge in [0.05, 0.1) is 4.90 Å². The van der Waals surface area contributed by atoms with Crippen LogP contribution in [0.2, 0.25) is 0 Å². The lowest BCUT2D eigenvalue weighted by Crippen LogP contribution is -2.14. The van der Waals surface area contributed by atoms with E-state index >= 15 is 0 Å². The lowest BCUT2D eigenvalue weighted by atomic mass is 10.2. The zero-order valence-corrected chi connectivity index (χ0v) is 8.91. The molecule has 0 amide bonds. The number of halogens is 1. The van der Waals surface area contributed by atoms with Crippen LogP contribution in [0.15, 0.2) is 23.1 Å². The standard InChI is InChI=1S/C8H10ClNO2S/c1-6-3-4-8(7(2)5-6)13(11,12)10-9/h3-5,10H,1-2H3. The van der Waals surface area contributed by atoms with Crippen LogP contribution in [0.25, 0.3) is 0 Å². The summed E-state index contributed by atoms with van der Waals surface area (Å²) >= 11 is 5.10. The first-order chi connectivity index (χ1) is 5.97. The molecule has 3 nitrogen and oxygen atoms in total. The molecule has 0 aliphatic carbocycles. The highest BCUT2D eigenvalue weighted by Crippen LogP contribution is 2.16. The average molecular weight is 220 g/mol. The highest BCUT2D eigenvalue weighted by Gasteiger charge is 2.14. The zero-order chi connectivity index (χ0) is 10.1. The van der Waals surface area contributed by atoms with Gasteiger partial charge in [-0.05, 0) is 37.3 Å². The number of nitrogens with one attached hydrogen (secondary N) is 1. The van der Waals surface area contributed by atoms with Crippen LogP contribution < -0.4 is 4.24 Å². The summed E-state index contributed by atoms with van der Waals surface area (Å²) < 4.78 is 24.3. The van der Waals surface area contributed by atoms with Crippen LogP contribution in [0.1, 0.15) is 11.1 Å². The van der Waals surface area contributed by atoms with Gasteiger partial charge in [0.15, 0.2) is 0 Å². The van der Waals surface area contributed by atoms with Crippen LogP contribution >= 0.6 is 11.8 Å². The van der Waals surface area contributed by atoms with Gasteiger partial charge in [-0.2, -0.15) is 0 Å². The number of aryl methyl sites for hydroxylation is 2. The van der Waals surface area contributed by atoms with Gasteiger partial charge < -0.3 is 0 Å². The molecule has 0 aliphatic heterocycles. The summed E-state index contributed by atoms with van der Waals surface area (Å²) in [6.45, 7) is 3.63. The molecule has 0 atom stereocenters. The van der Waals surface area contributed by atoms with Crippen LogP contribution in [0.3, 0.4) is 0 Å². The van der Waals surface area contributed by atoms with E-state index in [1.165, 1.54) is 6.07 Å². The minimum atomic E-state index is -3.53. The van der Waals surface area contributed by atoms with Crippen LogP contribution in [-0.4, -0.2) is 8.42 Å². The van der Waals surface area contributed by atoms with Crippen molar-refractivity contribution in [2.45, 2.75) is 18.7 Å². The fraction of sp³-hybridized carbons (Fsp3) is 0.250. The van der Waals surface area contributed by atoms with Crippen LogP contribution in [-0.2, 0) is 10.0 Å². The topological polar surface area (TPSA) is 46.2 Å². The summed E-state index contributed by atoms with van der Waals surface area (Å²) in [6, 6.07) is 5.06. The largest absolute Gasteiger partial charge is 0.254 e. The molecule has 0 heterocycles. The second-order valence-electron chi connectivity index (χ2n) is 2.85. The van der Waals surface area contributed by atoms with Crippen LogP contribution in [0.4, 0.5) is 0 Å². The molecule has 0 spiro atoms. The van der Waals surface area contributed by atoms with E-state index in [1.54, 1.807) is 23.3 Å². The molecule has 1 N–H and O–H groups in total. The van der Waals surface area contributed by atoms with Crippen molar-refractivity contribution in [2.24, 2.45) is 0 Å². The Balaban J connectivity index is 3.33. The summed E-state index contributed by atoms with van der Waals surface area (Å²) in [4.78, 5) is 0.216. The third-order valence-electron chi connectivity index (χ3n) is 1.72. The van der Waals surface area contributed by atoms with E-state index in [4.69, 9.17) is 11.8 Å². The first-order valence-corrected chi connectivity index (χ1v) is 5.53. The van der Waals surface area contributed by atoms with Crippen molar-refractivity contribution in [3.63, 3.8) is 0 Å². The quantitative estimate of drug-likeness (QED) is 0.771. The van der Waals surface area contributed by atoms with E-state index < -0.39 is 10.0 Å². The molecule has 0 fully saturated rings. The Bertz CT molecular complexity index is 414. The summed E-state index contributed by atoms with van der Waals surface area (Å²) in [6.07, 6.45) is 0. The first kappa shape index (κ1) is 10.5. The summed E-state index contributed by atoms with van der Waals surface area (Å²) in [5.74, 6) is 0. The fourth-order valence-electron chi connectivity index (χ4n) is 1.14. The highest BCUT2D eigenvalue weighted by molar-refractivity contribution is 7.90. The minimum absolute atomic E-state index is 0.216. The maximum atomic E-state index is 11.3. The average Bonchev–Trinajstić information content (AvgIpc) is 2.03. The Morgan fingerprint density at radius 1 is 1.31 bits per heavy atom. The molecule has 0 bridgehead atoms. The highest BCUT2D eigenvalue weighted by atomic mass is 35.5. The van der Waals surface area contributed by atoms with Crippen molar-refractivity contribution in [1.29, 1.82) is 0 Å². The van der Waals surface area contributed by atoms with E-state index in [-0.39, 0.29) is 4.90 Å². The molecule has 5 heteroatoms. The van der Waals surface area contributed by atoms with E-state index in [0.717, 1.165) is 5.56 Å². The van der Waals surface area contributed by atoms with Crippen molar-refractivity contribution in [3.05, 3.63) is 29.3 Å². The maximum Gasteiger partial charge on any atom is 0.254 e. The number of hydrogen-bond donors (Lipinski definition) is 1. The molecule has 0 saturated carbocycles. The van der Waals surface area contributed by atoms with Gasteiger partial charge in [-0.1, -0.05) is 17.7 Å². The monoisotopic (exact) mass is 219 g/mol. The summed E-state index contributed by atoms with van der Waals surface area (Å²) in [5, 5.41) is 0. The molecule has 0 aromatic heterocycles. The fourth-order valence-corrected chi connectivity index (χ4v) is 2.20. The maximum absolute atomic E-state index is 11.3. The molecule has 72 valence electrons. The van der Waals surface area contributed by atoms with E-state index in [2.05, 4.69) is 0 Å². The van der Waals surface area contributed by atoms with Crippen molar-refractivity contribution in [3.8, 4) is 0 Å². The minimum Gasteiger partial charge on any atom is -0.206 e. The third-order valence-corrected chi connectivity index (χ3v) is 3.57. The Labute approximate surface area is 82.9 Å². The van der Waals surface area contributed by atoms with Gasteiger partial charge in [0, 0.05) is 0 Å². The molecular formula is C8H10ClNO2S. The van der Waals surface area contributed by atoms with Crippen molar-refractivity contribution >= 4 is 21.8 Å². The number of benzene rings is 1. The molecule has 0 saturated heterocycles. The molecule has 0 unspecified atom stereocenters. The van der Waals surface area contributed by atoms with E-state index in [0.29, 0.717) is 5.56 Å². The predicted octanol–water partition coefficient (Wildman–Crippen LogP) is 1.74. The number of hydrogen-bond acceptors (Lipinski definition) is 2. The Morgan fingerprint density at radius 2 is 1.92 bits per heavy atom. The zero-order valence-electron chi connectivity index (χ0n) is 7.33. The predicted molar refractivity (Wildman–Crippen MR) is 52.1 cm³/mol. The number of sulfonamides is 1. The Hall–Kier alpha value is -0.580. The van der Waals surface area contributed by atoms with Gasteiger partial charge in [-0.25, -0.2) is 8.42 Å². The molecule has 1 aromatic carbocycles. The van der Waals surface area contributed by atoms with Gasteiger partial charge in [0.1, 0.15) is 0 Å². The lowest BCUT2D eigenvalue weighted by Gasteiger charge is -2.05. The SMILES string of the molecule is Cc1ccc(S(=O)(=O)NCl)c(C)c1. The molecular weight excluding hydrogens is 210 g/mol. The van der Waals surface area contributed by atoms with Gasteiger partial charge in [0.2, 0.25) is 0 Å². The second-order valence-corrected chi connectivity index (χ2v) is 4.91. The van der Waals surface area contributed by atoms with Gasteiger partial charge in [0.25, 0.3) is 10.0 Å². The van der Waals surface area contributed by atoms with Crippen molar-refractivity contribution < 1.29 is 8.42 Å². The molecule has 1 aromatic rings. The molecule has 13 heavy (non-hydrogen) atoms. The first-order valence-electron chi connectivity index (χ1n) is 3.67. The smallest absolute Gasteiger partial charge is 0.206 e. The molecule has 0 aliphatic rings. The molecule has 1 rings (SSSR count). The van der Waals surface area contributed by atoms with Gasteiger partial charge in [-0.15, -0.1) is 4.24 Å². The third kappa shape index (κ3) is 2.21. The van der Waals surface area contributed by atoms with Crippen LogP contribution in [0.5, 0.6) is 0 Å². The van der Waals surface area contributed by atoms with Gasteiger partial charge >= 0.3 is 0 Å². The normalized spacial score (nSPS) is 11.6. The second kappa shape index (κ2) is 3.65. The Morgan fingerprint density at radius 3 is 2.38 bits per heavy atom. The summed E-state index contributed by atoms with van der Waals surface area (Å²) in [5.41, 5.74) is 1.71. The van der Waals surface area contributed by atoms with Crippen LogP contribution in [0, 0.1) is 13.8 Å². The lowest BCUT2D eigenvalue weighted by molar-refractivity contribution is 0.593. The van der Waals surface area contributed by atoms with Crippen molar-refractivity contribution in [2.75, 3.05) is 0 Å². The number of rotatable bonds is 2. The summed E-state index contributed by atoms with van der Waals surface area (Å²) in [7, 11) is -3.53. The van der Waals surface area contributed by atoms with Crippen molar-refractivity contribution in [1.82, 2.24) is 4.24 Å².